The zero-order valence-electron chi connectivity index (χ0n) is 17.4. The maximum Gasteiger partial charge on any atom is 0.262 e. The van der Waals surface area contributed by atoms with Crippen molar-refractivity contribution in [3.05, 3.63) is 65.3 Å². The van der Waals surface area contributed by atoms with E-state index in [0.29, 0.717) is 41.6 Å². The van der Waals surface area contributed by atoms with Crippen LogP contribution in [0.5, 0.6) is 0 Å². The summed E-state index contributed by atoms with van der Waals surface area (Å²) in [6.07, 6.45) is 2.84. The fourth-order valence-corrected chi connectivity index (χ4v) is 4.59. The Balaban J connectivity index is 1.54. The molecule has 3 aromatic rings. The van der Waals surface area contributed by atoms with E-state index in [2.05, 4.69) is 20.2 Å². The average Bonchev–Trinajstić information content (AvgIpc) is 3.48. The Morgan fingerprint density at radius 2 is 1.97 bits per heavy atom. The molecule has 0 radical (unpaired) electrons. The molecule has 1 amide bonds. The molecule has 162 valence electrons. The average molecular weight is 441 g/mol. The van der Waals surface area contributed by atoms with Gasteiger partial charge in [-0.15, -0.1) is 0 Å². The Kier molecular flexibility index (Phi) is 5.77. The molecule has 0 saturated heterocycles. The van der Waals surface area contributed by atoms with Gasteiger partial charge in [0.1, 0.15) is 0 Å². The molecular weight excluding hydrogens is 416 g/mol. The van der Waals surface area contributed by atoms with E-state index in [0.717, 1.165) is 24.2 Å². The molecule has 9 heteroatoms. The number of para-hydroxylation sites is 1. The number of nitrogens with zero attached hydrogens (tertiary/aromatic N) is 2. The minimum atomic E-state index is -3.84. The van der Waals surface area contributed by atoms with Crippen molar-refractivity contribution in [3.63, 3.8) is 0 Å². The number of aryl methyl sites for hydroxylation is 1. The number of hydrogen-bond acceptors (Lipinski definition) is 6. The Morgan fingerprint density at radius 1 is 1.19 bits per heavy atom. The van der Waals surface area contributed by atoms with Gasteiger partial charge in [-0.3, -0.25) is 9.52 Å². The summed E-state index contributed by atoms with van der Waals surface area (Å²) in [6.45, 7) is 3.45. The van der Waals surface area contributed by atoms with Crippen LogP contribution in [0.25, 0.3) is 0 Å². The Hall–Kier alpha value is -3.20. The van der Waals surface area contributed by atoms with Gasteiger partial charge in [-0.2, -0.15) is 4.98 Å². The Morgan fingerprint density at radius 3 is 2.68 bits per heavy atom. The molecule has 1 heterocycles. The molecule has 2 N–H and O–H groups in total. The van der Waals surface area contributed by atoms with Crippen LogP contribution in [0.2, 0.25) is 0 Å². The highest BCUT2D eigenvalue weighted by Gasteiger charge is 2.29. The van der Waals surface area contributed by atoms with Crippen LogP contribution in [0.4, 0.5) is 11.4 Å². The minimum absolute atomic E-state index is 0.132. The summed E-state index contributed by atoms with van der Waals surface area (Å²) < 4.78 is 34.1. The first-order chi connectivity index (χ1) is 14.9. The zero-order valence-corrected chi connectivity index (χ0v) is 18.2. The second-order valence-corrected chi connectivity index (χ2v) is 9.29. The molecule has 0 spiro atoms. The maximum atomic E-state index is 13.1. The van der Waals surface area contributed by atoms with Crippen molar-refractivity contribution in [2.24, 2.45) is 0 Å². The maximum absolute atomic E-state index is 13.1. The molecular formula is C22H24N4O4S. The van der Waals surface area contributed by atoms with Crippen LogP contribution in [0.1, 0.15) is 54.9 Å². The predicted molar refractivity (Wildman–Crippen MR) is 116 cm³/mol. The van der Waals surface area contributed by atoms with Gasteiger partial charge < -0.3 is 9.84 Å². The van der Waals surface area contributed by atoms with Gasteiger partial charge in [0.15, 0.2) is 5.82 Å². The highest BCUT2D eigenvalue weighted by molar-refractivity contribution is 7.92. The van der Waals surface area contributed by atoms with E-state index >= 15 is 0 Å². The van der Waals surface area contributed by atoms with Crippen molar-refractivity contribution in [1.82, 2.24) is 10.1 Å². The number of carbonyl (C=O) groups is 1. The number of sulfonamides is 1. The highest BCUT2D eigenvalue weighted by Crippen LogP contribution is 2.38. The van der Waals surface area contributed by atoms with Crippen molar-refractivity contribution in [3.8, 4) is 0 Å². The zero-order chi connectivity index (χ0) is 22.0. The quantitative estimate of drug-likeness (QED) is 0.547. The van der Waals surface area contributed by atoms with E-state index < -0.39 is 10.0 Å². The molecule has 0 atom stereocenters. The third kappa shape index (κ3) is 4.93. The van der Waals surface area contributed by atoms with Crippen molar-refractivity contribution < 1.29 is 17.7 Å². The van der Waals surface area contributed by atoms with Crippen molar-refractivity contribution >= 4 is 27.3 Å². The van der Waals surface area contributed by atoms with Crippen molar-refractivity contribution in [2.45, 2.75) is 50.3 Å². The van der Waals surface area contributed by atoms with E-state index in [1.165, 1.54) is 6.07 Å². The van der Waals surface area contributed by atoms with Crippen molar-refractivity contribution in [2.75, 3.05) is 10.0 Å². The van der Waals surface area contributed by atoms with E-state index in [1.807, 2.05) is 12.1 Å². The molecule has 8 nitrogen and oxygen atoms in total. The smallest absolute Gasteiger partial charge is 0.262 e. The van der Waals surface area contributed by atoms with Crippen LogP contribution in [-0.4, -0.2) is 24.5 Å². The molecule has 31 heavy (non-hydrogen) atoms. The second-order valence-electron chi connectivity index (χ2n) is 7.64. The van der Waals surface area contributed by atoms with Gasteiger partial charge in [0.05, 0.1) is 17.0 Å². The fraction of sp³-hybridized carbons (Fsp3) is 0.318. The van der Waals surface area contributed by atoms with E-state index in [-0.39, 0.29) is 10.8 Å². The Bertz CT molecular complexity index is 1220. The van der Waals surface area contributed by atoms with E-state index in [4.69, 9.17) is 4.52 Å². The van der Waals surface area contributed by atoms with Crippen LogP contribution in [-0.2, 0) is 21.2 Å². The molecule has 0 aliphatic heterocycles. The fourth-order valence-electron chi connectivity index (χ4n) is 3.26. The van der Waals surface area contributed by atoms with Gasteiger partial charge in [-0.25, -0.2) is 8.42 Å². The lowest BCUT2D eigenvalue weighted by Crippen LogP contribution is -2.16. The lowest BCUT2D eigenvalue weighted by molar-refractivity contribution is -0.115. The van der Waals surface area contributed by atoms with E-state index in [9.17, 15) is 13.2 Å². The topological polar surface area (TPSA) is 114 Å². The number of rotatable bonds is 8. The standard InChI is InChI=1S/C22H24N4O4S/c1-3-20(27)23-17-10-11-19(14(2)12-17)31(28,29)26-18-7-5-4-6-16(18)13-21-24-22(25-30-21)15-8-9-15/h4-7,10-12,15,26H,3,8-9,13H2,1-2H3,(H,23,27). The van der Waals surface area contributed by atoms with Gasteiger partial charge in [0, 0.05) is 18.0 Å². The van der Waals surface area contributed by atoms with Gasteiger partial charge in [0.25, 0.3) is 10.0 Å². The first-order valence-electron chi connectivity index (χ1n) is 10.2. The Labute approximate surface area is 181 Å². The van der Waals surface area contributed by atoms with Crippen LogP contribution >= 0.6 is 0 Å². The molecule has 2 aromatic carbocycles. The molecule has 0 unspecified atom stereocenters. The molecule has 1 fully saturated rings. The third-order valence-corrected chi connectivity index (χ3v) is 6.62. The van der Waals surface area contributed by atoms with Gasteiger partial charge in [0.2, 0.25) is 11.8 Å². The van der Waals surface area contributed by atoms with Crippen LogP contribution in [0.15, 0.2) is 51.9 Å². The summed E-state index contributed by atoms with van der Waals surface area (Å²) in [4.78, 5) is 16.2. The number of anilines is 2. The number of nitrogens with one attached hydrogen (secondary N) is 2. The summed E-state index contributed by atoms with van der Waals surface area (Å²) >= 11 is 0. The molecule has 1 aliphatic carbocycles. The highest BCUT2D eigenvalue weighted by atomic mass is 32.2. The van der Waals surface area contributed by atoms with Crippen LogP contribution in [0, 0.1) is 6.92 Å². The van der Waals surface area contributed by atoms with Crippen LogP contribution < -0.4 is 10.0 Å². The monoisotopic (exact) mass is 440 g/mol. The van der Waals surface area contributed by atoms with Crippen LogP contribution in [0.3, 0.4) is 0 Å². The summed E-state index contributed by atoms with van der Waals surface area (Å²) in [7, 11) is -3.84. The largest absolute Gasteiger partial charge is 0.339 e. The third-order valence-electron chi connectivity index (χ3n) is 5.10. The molecule has 1 aromatic heterocycles. The number of aromatic nitrogens is 2. The van der Waals surface area contributed by atoms with Gasteiger partial charge in [-0.05, 0) is 55.2 Å². The molecule has 4 rings (SSSR count). The first kappa shape index (κ1) is 21.0. The van der Waals surface area contributed by atoms with Gasteiger partial charge >= 0.3 is 0 Å². The number of benzene rings is 2. The molecule has 0 bridgehead atoms. The summed E-state index contributed by atoms with van der Waals surface area (Å²) in [6, 6.07) is 11.9. The second kappa shape index (κ2) is 8.50. The van der Waals surface area contributed by atoms with Gasteiger partial charge in [-0.1, -0.05) is 30.3 Å². The normalized spacial score (nSPS) is 13.7. The SMILES string of the molecule is CCC(=O)Nc1ccc(S(=O)(=O)Nc2ccccc2Cc2nc(C3CC3)no2)c(C)c1. The molecule has 1 aliphatic rings. The lowest BCUT2D eigenvalue weighted by Gasteiger charge is -2.14. The number of amides is 1. The summed E-state index contributed by atoms with van der Waals surface area (Å²) in [5.74, 6) is 1.44. The lowest BCUT2D eigenvalue weighted by atomic mass is 10.1. The predicted octanol–water partition coefficient (Wildman–Crippen LogP) is 4.00. The molecule has 1 saturated carbocycles. The number of hydrogen-bond donors (Lipinski definition) is 2. The number of carbonyl (C=O) groups excluding carboxylic acids is 1. The summed E-state index contributed by atoms with van der Waals surface area (Å²) in [5.41, 5.74) is 2.29. The minimum Gasteiger partial charge on any atom is -0.339 e. The first-order valence-corrected chi connectivity index (χ1v) is 11.7. The van der Waals surface area contributed by atoms with Crippen molar-refractivity contribution in [1.29, 1.82) is 0 Å². The summed E-state index contributed by atoms with van der Waals surface area (Å²) in [5, 5.41) is 6.75. The van der Waals surface area contributed by atoms with E-state index in [1.54, 1.807) is 38.1 Å².